The van der Waals surface area contributed by atoms with Crippen LogP contribution in [0.4, 0.5) is 0 Å². The van der Waals surface area contributed by atoms with Gasteiger partial charge in [-0.15, -0.1) is 10.2 Å². The third kappa shape index (κ3) is 5.08. The minimum Gasteiger partial charge on any atom is -0.465 e. The van der Waals surface area contributed by atoms with Gasteiger partial charge in [-0.3, -0.25) is 14.7 Å². The van der Waals surface area contributed by atoms with E-state index in [2.05, 4.69) is 49.9 Å². The Labute approximate surface area is 182 Å². The molecule has 1 amide bonds. The van der Waals surface area contributed by atoms with Crippen LogP contribution in [-0.4, -0.2) is 50.2 Å². The lowest BCUT2D eigenvalue weighted by molar-refractivity contribution is 0.0916. The zero-order chi connectivity index (χ0) is 21.6. The zero-order valence-electron chi connectivity index (χ0n) is 17.9. The maximum Gasteiger partial charge on any atom is 0.270 e. The fourth-order valence-electron chi connectivity index (χ4n) is 3.75. The number of carbonyl (C=O) groups is 1. The highest BCUT2D eigenvalue weighted by Gasteiger charge is 2.27. The van der Waals surface area contributed by atoms with Crippen molar-refractivity contribution >= 4 is 12.0 Å². The van der Waals surface area contributed by atoms with E-state index in [0.29, 0.717) is 5.69 Å². The number of hydrogen-bond acceptors (Lipinski definition) is 6. The lowest BCUT2D eigenvalue weighted by Crippen LogP contribution is -2.35. The van der Waals surface area contributed by atoms with Gasteiger partial charge < -0.3 is 14.3 Å². The maximum atomic E-state index is 12.7. The smallest absolute Gasteiger partial charge is 0.270 e. The number of carbonyl (C=O) groups excluding carboxylic acids is 1. The molecular weight excluding hydrogens is 392 g/mol. The molecule has 162 valence electrons. The molecule has 3 aromatic rings. The summed E-state index contributed by atoms with van der Waals surface area (Å²) < 4.78 is 7.51. The second kappa shape index (κ2) is 9.70. The van der Waals surface area contributed by atoms with E-state index in [1.165, 1.54) is 0 Å². The molecule has 0 aliphatic carbocycles. The van der Waals surface area contributed by atoms with E-state index >= 15 is 0 Å². The predicted molar refractivity (Wildman–Crippen MR) is 117 cm³/mol. The molecular formula is C23H28N6O2. The molecule has 8 nitrogen and oxygen atoms in total. The van der Waals surface area contributed by atoms with Crippen LogP contribution in [0.1, 0.15) is 47.8 Å². The predicted octanol–water partition coefficient (Wildman–Crippen LogP) is 2.96. The third-order valence-corrected chi connectivity index (χ3v) is 5.47. The van der Waals surface area contributed by atoms with Crippen LogP contribution in [0.2, 0.25) is 0 Å². The third-order valence-electron chi connectivity index (χ3n) is 5.47. The van der Waals surface area contributed by atoms with Crippen molar-refractivity contribution in [2.75, 3.05) is 19.6 Å². The van der Waals surface area contributed by atoms with Crippen LogP contribution in [0, 0.1) is 5.92 Å². The van der Waals surface area contributed by atoms with Gasteiger partial charge >= 0.3 is 0 Å². The van der Waals surface area contributed by atoms with Crippen molar-refractivity contribution in [1.82, 2.24) is 30.0 Å². The average molecular weight is 421 g/mol. The van der Waals surface area contributed by atoms with E-state index in [0.717, 1.165) is 50.0 Å². The first-order valence-corrected chi connectivity index (χ1v) is 10.7. The number of furan rings is 1. The second-order valence-electron chi connectivity index (χ2n) is 8.00. The number of rotatable bonds is 7. The summed E-state index contributed by atoms with van der Waals surface area (Å²) in [5.74, 6) is 2.59. The normalized spacial score (nSPS) is 15.7. The summed E-state index contributed by atoms with van der Waals surface area (Å²) in [5.41, 5.74) is 0.401. The molecule has 0 bridgehead atoms. The van der Waals surface area contributed by atoms with Gasteiger partial charge in [-0.2, -0.15) is 0 Å². The molecule has 1 aliphatic rings. The summed E-state index contributed by atoms with van der Waals surface area (Å²) in [6.45, 7) is 7.58. The summed E-state index contributed by atoms with van der Waals surface area (Å²) in [7, 11) is 0. The second-order valence-corrected chi connectivity index (χ2v) is 8.00. The SMILES string of the molecule is CC(C)C(NC(=O)c1ccccn1)c1nnc2n1CCN(CC=Cc1ccco1)CC2. The molecule has 0 saturated carbocycles. The lowest BCUT2D eigenvalue weighted by atomic mass is 10.0. The maximum absolute atomic E-state index is 12.7. The fraction of sp³-hybridized carbons (Fsp3) is 0.391. The number of pyridine rings is 1. The summed E-state index contributed by atoms with van der Waals surface area (Å²) in [5, 5.41) is 12.0. The Balaban J connectivity index is 1.44. The van der Waals surface area contributed by atoms with Gasteiger partial charge in [-0.05, 0) is 36.3 Å². The number of nitrogens with zero attached hydrogens (tertiary/aromatic N) is 5. The van der Waals surface area contributed by atoms with E-state index in [-0.39, 0.29) is 17.9 Å². The Morgan fingerprint density at radius 2 is 2.10 bits per heavy atom. The topological polar surface area (TPSA) is 89.1 Å². The number of nitrogens with one attached hydrogen (secondary N) is 1. The van der Waals surface area contributed by atoms with Gasteiger partial charge in [-0.25, -0.2) is 0 Å². The Morgan fingerprint density at radius 3 is 2.84 bits per heavy atom. The van der Waals surface area contributed by atoms with Crippen LogP contribution in [0.15, 0.2) is 53.3 Å². The highest BCUT2D eigenvalue weighted by atomic mass is 16.3. The molecule has 0 fully saturated rings. The quantitative estimate of drug-likeness (QED) is 0.632. The fourth-order valence-corrected chi connectivity index (χ4v) is 3.75. The van der Waals surface area contributed by atoms with Crippen LogP contribution in [0.25, 0.3) is 6.08 Å². The first-order chi connectivity index (χ1) is 15.1. The average Bonchev–Trinajstić information content (AvgIpc) is 3.39. The van der Waals surface area contributed by atoms with Crippen molar-refractivity contribution in [3.05, 3.63) is 72.0 Å². The van der Waals surface area contributed by atoms with Crippen molar-refractivity contribution in [2.24, 2.45) is 5.92 Å². The summed E-state index contributed by atoms with van der Waals surface area (Å²) in [6.07, 6.45) is 8.24. The molecule has 31 heavy (non-hydrogen) atoms. The van der Waals surface area contributed by atoms with E-state index in [1.54, 1.807) is 24.6 Å². The van der Waals surface area contributed by atoms with Crippen molar-refractivity contribution in [1.29, 1.82) is 0 Å². The minimum atomic E-state index is -0.235. The highest BCUT2D eigenvalue weighted by molar-refractivity contribution is 5.92. The molecule has 0 radical (unpaired) electrons. The van der Waals surface area contributed by atoms with Crippen LogP contribution in [0.3, 0.4) is 0 Å². The van der Waals surface area contributed by atoms with Crippen LogP contribution in [0.5, 0.6) is 0 Å². The lowest BCUT2D eigenvalue weighted by Gasteiger charge is -2.23. The summed E-state index contributed by atoms with van der Waals surface area (Å²) in [6, 6.07) is 8.91. The van der Waals surface area contributed by atoms with E-state index < -0.39 is 0 Å². The van der Waals surface area contributed by atoms with Gasteiger partial charge in [0.05, 0.1) is 12.3 Å². The summed E-state index contributed by atoms with van der Waals surface area (Å²) >= 11 is 0. The van der Waals surface area contributed by atoms with Crippen LogP contribution in [-0.2, 0) is 13.0 Å². The standard InChI is InChI=1S/C23H28N6O2/c1-17(2)21(25-23(30)19-9-3-4-11-24-19)22-27-26-20-10-13-28(14-15-29(20)22)12-5-7-18-8-6-16-31-18/h3-9,11,16-17,21H,10,12-15H2,1-2H3,(H,25,30). The first kappa shape index (κ1) is 21.0. The Morgan fingerprint density at radius 1 is 1.19 bits per heavy atom. The zero-order valence-corrected chi connectivity index (χ0v) is 17.9. The number of amides is 1. The van der Waals surface area contributed by atoms with Gasteiger partial charge in [0.15, 0.2) is 5.82 Å². The van der Waals surface area contributed by atoms with Crippen molar-refractivity contribution in [3.8, 4) is 0 Å². The van der Waals surface area contributed by atoms with Crippen LogP contribution >= 0.6 is 0 Å². The molecule has 0 spiro atoms. The van der Waals surface area contributed by atoms with Crippen LogP contribution < -0.4 is 5.32 Å². The largest absolute Gasteiger partial charge is 0.465 e. The highest BCUT2D eigenvalue weighted by Crippen LogP contribution is 2.23. The molecule has 4 heterocycles. The molecule has 1 aliphatic heterocycles. The number of aromatic nitrogens is 4. The van der Waals surface area contributed by atoms with Crippen molar-refractivity contribution in [2.45, 2.75) is 32.9 Å². The molecule has 1 N–H and O–H groups in total. The monoisotopic (exact) mass is 420 g/mol. The molecule has 0 aromatic carbocycles. The molecule has 1 atom stereocenters. The Bertz CT molecular complexity index is 1010. The van der Waals surface area contributed by atoms with E-state index in [4.69, 9.17) is 4.42 Å². The van der Waals surface area contributed by atoms with E-state index in [9.17, 15) is 4.79 Å². The molecule has 4 rings (SSSR count). The molecule has 0 saturated heterocycles. The van der Waals surface area contributed by atoms with Gasteiger partial charge in [-0.1, -0.05) is 26.0 Å². The van der Waals surface area contributed by atoms with Gasteiger partial charge in [0.1, 0.15) is 17.3 Å². The van der Waals surface area contributed by atoms with Crippen molar-refractivity contribution < 1.29 is 9.21 Å². The van der Waals surface area contributed by atoms with E-state index in [1.807, 2.05) is 24.3 Å². The molecule has 3 aromatic heterocycles. The van der Waals surface area contributed by atoms with Gasteiger partial charge in [0.2, 0.25) is 0 Å². The van der Waals surface area contributed by atoms with Gasteiger partial charge in [0.25, 0.3) is 5.91 Å². The summed E-state index contributed by atoms with van der Waals surface area (Å²) in [4.78, 5) is 19.2. The molecule has 8 heteroatoms. The van der Waals surface area contributed by atoms with Gasteiger partial charge in [0, 0.05) is 38.8 Å². The Hall–Kier alpha value is -3.26. The molecule has 1 unspecified atom stereocenters. The minimum absolute atomic E-state index is 0.163. The Kier molecular flexibility index (Phi) is 6.57. The number of hydrogen-bond donors (Lipinski definition) is 1. The number of fused-ring (bicyclic) bond motifs is 1. The van der Waals surface area contributed by atoms with Crippen molar-refractivity contribution in [3.63, 3.8) is 0 Å². The first-order valence-electron chi connectivity index (χ1n) is 10.7.